The highest BCUT2D eigenvalue weighted by Gasteiger charge is 2.40. The Bertz CT molecular complexity index is 270. The average molecular weight is 383 g/mol. The van der Waals surface area contributed by atoms with Crippen molar-refractivity contribution in [2.45, 2.75) is 51.6 Å². The zero-order valence-electron chi connectivity index (χ0n) is 16.8. The first-order valence-electron chi connectivity index (χ1n) is 8.71. The van der Waals surface area contributed by atoms with Crippen molar-refractivity contribution in [2.75, 3.05) is 42.7 Å². The second kappa shape index (κ2) is 12.5. The standard InChI is InChI=1S/C16H38O6Si2/c1-9-15(2)14-16(10-12-23(17-3,18-4)19-5)11-13-24(20-6,21-7)22-8/h15-16H,9-14H2,1-8H3. The van der Waals surface area contributed by atoms with Gasteiger partial charge < -0.3 is 26.6 Å². The molecule has 0 spiro atoms. The summed E-state index contributed by atoms with van der Waals surface area (Å²) in [5.41, 5.74) is 0. The van der Waals surface area contributed by atoms with E-state index in [9.17, 15) is 0 Å². The van der Waals surface area contributed by atoms with Crippen molar-refractivity contribution in [1.29, 1.82) is 0 Å². The van der Waals surface area contributed by atoms with Crippen molar-refractivity contribution in [2.24, 2.45) is 11.8 Å². The van der Waals surface area contributed by atoms with Crippen LogP contribution in [-0.2, 0) is 26.6 Å². The van der Waals surface area contributed by atoms with Gasteiger partial charge in [0.1, 0.15) is 0 Å². The zero-order valence-corrected chi connectivity index (χ0v) is 18.8. The highest BCUT2D eigenvalue weighted by molar-refractivity contribution is 6.61. The lowest BCUT2D eigenvalue weighted by Crippen LogP contribution is -2.44. The number of hydrogen-bond donors (Lipinski definition) is 0. The van der Waals surface area contributed by atoms with Gasteiger partial charge in [0.2, 0.25) is 0 Å². The molecule has 0 bridgehead atoms. The van der Waals surface area contributed by atoms with Gasteiger partial charge in [-0.25, -0.2) is 0 Å². The molecule has 0 aliphatic heterocycles. The summed E-state index contributed by atoms with van der Waals surface area (Å²) >= 11 is 0. The first kappa shape index (κ1) is 24.2. The van der Waals surface area contributed by atoms with Crippen LogP contribution >= 0.6 is 0 Å². The number of rotatable bonds is 15. The highest BCUT2D eigenvalue weighted by Crippen LogP contribution is 2.30. The second-order valence-electron chi connectivity index (χ2n) is 6.28. The van der Waals surface area contributed by atoms with Crippen molar-refractivity contribution in [3.63, 3.8) is 0 Å². The molecule has 6 nitrogen and oxygen atoms in total. The fraction of sp³-hybridized carbons (Fsp3) is 1.00. The molecule has 8 heteroatoms. The van der Waals surface area contributed by atoms with E-state index in [0.717, 1.165) is 24.9 Å². The molecular weight excluding hydrogens is 344 g/mol. The molecule has 0 aliphatic carbocycles. The lowest BCUT2D eigenvalue weighted by molar-refractivity contribution is 0.116. The van der Waals surface area contributed by atoms with E-state index in [-0.39, 0.29) is 0 Å². The van der Waals surface area contributed by atoms with Crippen molar-refractivity contribution < 1.29 is 26.6 Å². The predicted octanol–water partition coefficient (Wildman–Crippen LogP) is 3.58. The molecule has 0 aliphatic rings. The van der Waals surface area contributed by atoms with Crippen molar-refractivity contribution in [3.05, 3.63) is 0 Å². The maximum atomic E-state index is 5.56. The van der Waals surface area contributed by atoms with Gasteiger partial charge in [-0.05, 0) is 31.1 Å². The van der Waals surface area contributed by atoms with Gasteiger partial charge in [-0.3, -0.25) is 0 Å². The lowest BCUT2D eigenvalue weighted by atomic mass is 9.90. The summed E-state index contributed by atoms with van der Waals surface area (Å²) in [7, 11) is 4.96. The third-order valence-electron chi connectivity index (χ3n) is 5.02. The fourth-order valence-electron chi connectivity index (χ4n) is 2.99. The Balaban J connectivity index is 4.86. The van der Waals surface area contributed by atoms with E-state index >= 15 is 0 Å². The molecule has 0 amide bonds. The Labute approximate surface area is 150 Å². The van der Waals surface area contributed by atoms with Crippen LogP contribution < -0.4 is 0 Å². The van der Waals surface area contributed by atoms with E-state index in [2.05, 4.69) is 13.8 Å². The summed E-state index contributed by atoms with van der Waals surface area (Å²) in [6, 6.07) is 1.64. The summed E-state index contributed by atoms with van der Waals surface area (Å²) < 4.78 is 33.3. The summed E-state index contributed by atoms with van der Waals surface area (Å²) in [6.45, 7) is 4.53. The molecule has 0 saturated carbocycles. The van der Waals surface area contributed by atoms with Crippen LogP contribution in [0, 0.1) is 11.8 Å². The van der Waals surface area contributed by atoms with Crippen LogP contribution in [-0.4, -0.2) is 60.3 Å². The van der Waals surface area contributed by atoms with Crippen LogP contribution in [0.1, 0.15) is 39.5 Å². The average Bonchev–Trinajstić information content (AvgIpc) is 2.64. The Hall–Kier alpha value is 0.194. The van der Waals surface area contributed by atoms with Crippen LogP contribution in [0.15, 0.2) is 0 Å². The molecule has 0 radical (unpaired) electrons. The summed E-state index contributed by atoms with van der Waals surface area (Å²) in [5, 5.41) is 0. The Morgan fingerprint density at radius 3 is 1.25 bits per heavy atom. The molecule has 0 aromatic rings. The van der Waals surface area contributed by atoms with Crippen LogP contribution in [0.4, 0.5) is 0 Å². The largest absolute Gasteiger partial charge is 0.500 e. The van der Waals surface area contributed by atoms with Gasteiger partial charge in [0, 0.05) is 54.7 Å². The van der Waals surface area contributed by atoms with E-state index < -0.39 is 17.6 Å². The molecule has 0 rings (SSSR count). The lowest BCUT2D eigenvalue weighted by Gasteiger charge is -2.29. The second-order valence-corrected chi connectivity index (χ2v) is 12.5. The Morgan fingerprint density at radius 2 is 1.00 bits per heavy atom. The molecular formula is C16H38O6Si2. The van der Waals surface area contributed by atoms with Gasteiger partial charge in [-0.15, -0.1) is 0 Å². The molecule has 0 N–H and O–H groups in total. The maximum absolute atomic E-state index is 5.56. The molecule has 0 aromatic heterocycles. The summed E-state index contributed by atoms with van der Waals surface area (Å²) in [6.07, 6.45) is 4.36. The third kappa shape index (κ3) is 7.61. The molecule has 0 saturated heterocycles. The molecule has 0 fully saturated rings. The zero-order chi connectivity index (χ0) is 18.6. The van der Waals surface area contributed by atoms with Crippen LogP contribution in [0.2, 0.25) is 12.1 Å². The Morgan fingerprint density at radius 1 is 0.667 bits per heavy atom. The summed E-state index contributed by atoms with van der Waals surface area (Å²) in [4.78, 5) is 0. The SMILES string of the molecule is CCC(C)CC(CC[Si](OC)(OC)OC)CC[Si](OC)(OC)OC. The third-order valence-corrected chi connectivity index (χ3v) is 10.6. The first-order chi connectivity index (χ1) is 11.4. The quantitative estimate of drug-likeness (QED) is 0.404. The molecule has 146 valence electrons. The highest BCUT2D eigenvalue weighted by atomic mass is 28.4. The van der Waals surface area contributed by atoms with Gasteiger partial charge in [0.05, 0.1) is 0 Å². The van der Waals surface area contributed by atoms with Crippen molar-refractivity contribution >= 4 is 17.6 Å². The van der Waals surface area contributed by atoms with Gasteiger partial charge in [0.15, 0.2) is 0 Å². The van der Waals surface area contributed by atoms with Crippen LogP contribution in [0.5, 0.6) is 0 Å². The van der Waals surface area contributed by atoms with Crippen molar-refractivity contribution in [3.8, 4) is 0 Å². The normalized spacial score (nSPS) is 14.4. The van der Waals surface area contributed by atoms with E-state index in [1.807, 2.05) is 0 Å². The molecule has 0 aromatic carbocycles. The van der Waals surface area contributed by atoms with Gasteiger partial charge in [-0.1, -0.05) is 20.3 Å². The summed E-state index contributed by atoms with van der Waals surface area (Å²) in [5.74, 6) is 1.22. The molecule has 1 atom stereocenters. The van der Waals surface area contributed by atoms with Crippen LogP contribution in [0.3, 0.4) is 0 Å². The minimum Gasteiger partial charge on any atom is -0.377 e. The van der Waals surface area contributed by atoms with Crippen molar-refractivity contribution in [1.82, 2.24) is 0 Å². The van der Waals surface area contributed by atoms with Crippen LogP contribution in [0.25, 0.3) is 0 Å². The fourth-order valence-corrected chi connectivity index (χ4v) is 6.74. The molecule has 1 unspecified atom stereocenters. The van der Waals surface area contributed by atoms with Gasteiger partial charge in [0.25, 0.3) is 0 Å². The Kier molecular flexibility index (Phi) is 12.6. The maximum Gasteiger partial charge on any atom is 0.500 e. The predicted molar refractivity (Wildman–Crippen MR) is 100.0 cm³/mol. The van der Waals surface area contributed by atoms with E-state index in [4.69, 9.17) is 26.6 Å². The number of hydrogen-bond acceptors (Lipinski definition) is 6. The van der Waals surface area contributed by atoms with Gasteiger partial charge in [-0.2, -0.15) is 0 Å². The van der Waals surface area contributed by atoms with E-state index in [0.29, 0.717) is 11.8 Å². The smallest absolute Gasteiger partial charge is 0.377 e. The minimum absolute atomic E-state index is 0.541. The molecule has 24 heavy (non-hydrogen) atoms. The molecule has 0 heterocycles. The van der Waals surface area contributed by atoms with E-state index in [1.165, 1.54) is 12.8 Å². The monoisotopic (exact) mass is 382 g/mol. The topological polar surface area (TPSA) is 55.4 Å². The first-order valence-corrected chi connectivity index (χ1v) is 12.6. The van der Waals surface area contributed by atoms with Gasteiger partial charge >= 0.3 is 17.6 Å². The van der Waals surface area contributed by atoms with E-state index in [1.54, 1.807) is 42.7 Å². The minimum atomic E-state index is -2.52.